The van der Waals surface area contributed by atoms with Crippen LogP contribution in [0.3, 0.4) is 0 Å². The average Bonchev–Trinajstić information content (AvgIpc) is 2.60. The smallest absolute Gasteiger partial charge is 0.317 e. The van der Waals surface area contributed by atoms with Crippen molar-refractivity contribution in [1.82, 2.24) is 20.0 Å². The molecule has 0 atom stereocenters. The SMILES string of the molecule is CN(C)CCCNC(=O)N1CCN(CCCc2ccccc2)CC1. The normalized spacial score (nSPS) is 15.7. The number of urea groups is 1. The zero-order valence-electron chi connectivity index (χ0n) is 15.2. The molecule has 1 saturated heterocycles. The fraction of sp³-hybridized carbons (Fsp3) is 0.632. The number of amides is 2. The molecule has 1 aliphatic heterocycles. The minimum absolute atomic E-state index is 0.0951. The van der Waals surface area contributed by atoms with Gasteiger partial charge in [0.05, 0.1) is 0 Å². The molecule has 2 amide bonds. The Hall–Kier alpha value is -1.59. The molecule has 5 heteroatoms. The summed E-state index contributed by atoms with van der Waals surface area (Å²) in [5, 5.41) is 3.03. The van der Waals surface area contributed by atoms with Crippen molar-refractivity contribution >= 4 is 6.03 Å². The zero-order valence-corrected chi connectivity index (χ0v) is 15.2. The molecular formula is C19H32N4O. The minimum Gasteiger partial charge on any atom is -0.338 e. The average molecular weight is 332 g/mol. The van der Waals surface area contributed by atoms with Gasteiger partial charge in [0, 0.05) is 32.7 Å². The molecular weight excluding hydrogens is 300 g/mol. The molecule has 5 nitrogen and oxygen atoms in total. The molecule has 2 rings (SSSR count). The van der Waals surface area contributed by atoms with Crippen LogP contribution in [0.25, 0.3) is 0 Å². The summed E-state index contributed by atoms with van der Waals surface area (Å²) in [6.45, 7) is 6.53. The quantitative estimate of drug-likeness (QED) is 0.739. The van der Waals surface area contributed by atoms with Crippen LogP contribution in [0.2, 0.25) is 0 Å². The van der Waals surface area contributed by atoms with Gasteiger partial charge in [0.15, 0.2) is 0 Å². The first kappa shape index (κ1) is 18.7. The lowest BCUT2D eigenvalue weighted by Crippen LogP contribution is -2.52. The number of hydrogen-bond donors (Lipinski definition) is 1. The van der Waals surface area contributed by atoms with E-state index in [0.717, 1.165) is 58.7 Å². The second-order valence-electron chi connectivity index (χ2n) is 6.81. The summed E-state index contributed by atoms with van der Waals surface area (Å²) in [6.07, 6.45) is 3.31. The second-order valence-corrected chi connectivity index (χ2v) is 6.81. The number of aryl methyl sites for hydroxylation is 1. The number of nitrogens with one attached hydrogen (secondary N) is 1. The Labute approximate surface area is 146 Å². The van der Waals surface area contributed by atoms with Crippen molar-refractivity contribution in [2.75, 3.05) is 59.9 Å². The van der Waals surface area contributed by atoms with Gasteiger partial charge in [-0.3, -0.25) is 4.90 Å². The molecule has 1 aliphatic rings. The van der Waals surface area contributed by atoms with Crippen molar-refractivity contribution in [1.29, 1.82) is 0 Å². The molecule has 1 heterocycles. The van der Waals surface area contributed by atoms with E-state index >= 15 is 0 Å². The van der Waals surface area contributed by atoms with Gasteiger partial charge in [-0.25, -0.2) is 4.79 Å². The Balaban J connectivity index is 1.56. The highest BCUT2D eigenvalue weighted by molar-refractivity contribution is 5.74. The molecule has 1 N–H and O–H groups in total. The van der Waals surface area contributed by atoms with Crippen molar-refractivity contribution in [3.05, 3.63) is 35.9 Å². The lowest BCUT2D eigenvalue weighted by Gasteiger charge is -2.34. The Kier molecular flexibility index (Phi) is 8.05. The van der Waals surface area contributed by atoms with Crippen molar-refractivity contribution in [3.63, 3.8) is 0 Å². The largest absolute Gasteiger partial charge is 0.338 e. The standard InChI is InChI=1S/C19H32N4O/c1-21(2)12-7-11-20-19(24)23-16-14-22(15-17-23)13-6-10-18-8-4-3-5-9-18/h3-5,8-9H,6-7,10-17H2,1-2H3,(H,20,24). The number of piperazine rings is 1. The van der Waals surface area contributed by atoms with Gasteiger partial charge in [0.25, 0.3) is 0 Å². The molecule has 1 fully saturated rings. The van der Waals surface area contributed by atoms with Crippen molar-refractivity contribution in [3.8, 4) is 0 Å². The monoisotopic (exact) mass is 332 g/mol. The molecule has 24 heavy (non-hydrogen) atoms. The maximum Gasteiger partial charge on any atom is 0.317 e. The number of benzene rings is 1. The van der Waals surface area contributed by atoms with Gasteiger partial charge in [-0.15, -0.1) is 0 Å². The third kappa shape index (κ3) is 6.89. The van der Waals surface area contributed by atoms with Gasteiger partial charge in [-0.1, -0.05) is 30.3 Å². The summed E-state index contributed by atoms with van der Waals surface area (Å²) in [5.41, 5.74) is 1.41. The number of hydrogen-bond acceptors (Lipinski definition) is 3. The molecule has 0 unspecified atom stereocenters. The predicted molar refractivity (Wildman–Crippen MR) is 99.3 cm³/mol. The topological polar surface area (TPSA) is 38.8 Å². The lowest BCUT2D eigenvalue weighted by atomic mass is 10.1. The summed E-state index contributed by atoms with van der Waals surface area (Å²) < 4.78 is 0. The number of rotatable bonds is 8. The summed E-state index contributed by atoms with van der Waals surface area (Å²) in [5.74, 6) is 0. The Bertz CT molecular complexity index is 470. The Morgan fingerprint density at radius 2 is 1.79 bits per heavy atom. The molecule has 0 aliphatic carbocycles. The molecule has 0 radical (unpaired) electrons. The highest BCUT2D eigenvalue weighted by Gasteiger charge is 2.20. The number of carbonyl (C=O) groups is 1. The maximum atomic E-state index is 12.1. The molecule has 1 aromatic carbocycles. The summed E-state index contributed by atoms with van der Waals surface area (Å²) in [7, 11) is 4.11. The molecule has 0 saturated carbocycles. The van der Waals surface area contributed by atoms with Gasteiger partial charge in [0.1, 0.15) is 0 Å². The van der Waals surface area contributed by atoms with Crippen molar-refractivity contribution in [2.45, 2.75) is 19.3 Å². The first-order chi connectivity index (χ1) is 11.6. The van der Waals surface area contributed by atoms with Gasteiger partial charge < -0.3 is 15.1 Å². The molecule has 0 bridgehead atoms. The van der Waals surface area contributed by atoms with Crippen LogP contribution in [0.1, 0.15) is 18.4 Å². The van der Waals surface area contributed by atoms with Crippen LogP contribution in [-0.2, 0) is 6.42 Å². The van der Waals surface area contributed by atoms with Gasteiger partial charge >= 0.3 is 6.03 Å². The Morgan fingerprint density at radius 1 is 1.08 bits per heavy atom. The van der Waals surface area contributed by atoms with Crippen LogP contribution < -0.4 is 5.32 Å². The van der Waals surface area contributed by atoms with E-state index in [1.165, 1.54) is 12.0 Å². The van der Waals surface area contributed by atoms with E-state index in [2.05, 4.69) is 59.5 Å². The van der Waals surface area contributed by atoms with Gasteiger partial charge in [0.2, 0.25) is 0 Å². The van der Waals surface area contributed by atoms with E-state index in [1.54, 1.807) is 0 Å². The first-order valence-corrected chi connectivity index (χ1v) is 9.09. The fourth-order valence-corrected chi connectivity index (χ4v) is 3.03. The van der Waals surface area contributed by atoms with Crippen LogP contribution in [0, 0.1) is 0 Å². The van der Waals surface area contributed by atoms with Crippen LogP contribution in [0.15, 0.2) is 30.3 Å². The van der Waals surface area contributed by atoms with E-state index < -0.39 is 0 Å². The number of nitrogens with zero attached hydrogens (tertiary/aromatic N) is 3. The van der Waals surface area contributed by atoms with Crippen LogP contribution >= 0.6 is 0 Å². The first-order valence-electron chi connectivity index (χ1n) is 9.09. The van der Waals surface area contributed by atoms with E-state index in [1.807, 2.05) is 4.90 Å². The van der Waals surface area contributed by atoms with Gasteiger partial charge in [-0.05, 0) is 52.0 Å². The zero-order chi connectivity index (χ0) is 17.2. The maximum absolute atomic E-state index is 12.1. The van der Waals surface area contributed by atoms with Gasteiger partial charge in [-0.2, -0.15) is 0 Å². The summed E-state index contributed by atoms with van der Waals surface area (Å²) >= 11 is 0. The summed E-state index contributed by atoms with van der Waals surface area (Å²) in [6, 6.07) is 10.7. The molecule has 0 spiro atoms. The fourth-order valence-electron chi connectivity index (χ4n) is 3.03. The number of carbonyl (C=O) groups excluding carboxylic acids is 1. The summed E-state index contributed by atoms with van der Waals surface area (Å²) in [4.78, 5) is 18.7. The van der Waals surface area contributed by atoms with E-state index in [9.17, 15) is 4.79 Å². The van der Waals surface area contributed by atoms with E-state index in [0.29, 0.717) is 0 Å². The van der Waals surface area contributed by atoms with Crippen LogP contribution in [0.5, 0.6) is 0 Å². The molecule has 0 aromatic heterocycles. The van der Waals surface area contributed by atoms with Crippen LogP contribution in [-0.4, -0.2) is 80.6 Å². The van der Waals surface area contributed by atoms with E-state index in [-0.39, 0.29) is 6.03 Å². The molecule has 1 aromatic rings. The highest BCUT2D eigenvalue weighted by atomic mass is 16.2. The third-order valence-corrected chi connectivity index (χ3v) is 4.50. The lowest BCUT2D eigenvalue weighted by molar-refractivity contribution is 0.138. The predicted octanol–water partition coefficient (Wildman–Crippen LogP) is 1.90. The Morgan fingerprint density at radius 3 is 2.46 bits per heavy atom. The van der Waals surface area contributed by atoms with E-state index in [4.69, 9.17) is 0 Å². The third-order valence-electron chi connectivity index (χ3n) is 4.50. The van der Waals surface area contributed by atoms with Crippen molar-refractivity contribution in [2.24, 2.45) is 0 Å². The van der Waals surface area contributed by atoms with Crippen LogP contribution in [0.4, 0.5) is 4.79 Å². The minimum atomic E-state index is 0.0951. The highest BCUT2D eigenvalue weighted by Crippen LogP contribution is 2.06. The molecule has 134 valence electrons. The second kappa shape index (κ2) is 10.3. The van der Waals surface area contributed by atoms with Crippen molar-refractivity contribution < 1.29 is 4.79 Å².